The lowest BCUT2D eigenvalue weighted by Gasteiger charge is -2.28. The second kappa shape index (κ2) is 12.2. The fraction of sp³-hybridized carbons (Fsp3) is 0.0566. The number of fused-ring (bicyclic) bond motifs is 10. The van der Waals surface area contributed by atoms with Crippen LogP contribution in [-0.4, -0.2) is 9.97 Å². The van der Waals surface area contributed by atoms with Crippen LogP contribution in [0.15, 0.2) is 185 Å². The van der Waals surface area contributed by atoms with Gasteiger partial charge in [-0.2, -0.15) is 0 Å². The minimum atomic E-state index is -0.160. The molecular weight excluding hydrogens is 711 g/mol. The summed E-state index contributed by atoms with van der Waals surface area (Å²) >= 11 is 0. The van der Waals surface area contributed by atoms with Crippen LogP contribution in [0.3, 0.4) is 0 Å². The lowest BCUT2D eigenvalue weighted by molar-refractivity contribution is 0.660. The van der Waals surface area contributed by atoms with E-state index in [1.54, 1.807) is 0 Å². The molecule has 274 valence electrons. The van der Waals surface area contributed by atoms with Gasteiger partial charge in [-0.3, -0.25) is 0 Å². The first-order chi connectivity index (χ1) is 28.5. The number of aromatic nitrogens is 2. The largest absolute Gasteiger partial charge is 0.454 e. The Balaban J connectivity index is 1.16. The van der Waals surface area contributed by atoms with Crippen LogP contribution in [0, 0.1) is 0 Å². The van der Waals surface area contributed by atoms with Gasteiger partial charge in [0.1, 0.15) is 22.4 Å². The van der Waals surface area contributed by atoms with Crippen LogP contribution < -0.4 is 4.90 Å². The Hall–Kier alpha value is -7.50. The highest BCUT2D eigenvalue weighted by Crippen LogP contribution is 2.52. The van der Waals surface area contributed by atoms with Gasteiger partial charge in [-0.25, -0.2) is 9.97 Å². The first kappa shape index (κ1) is 32.7. The molecule has 0 N–H and O–H groups in total. The van der Waals surface area contributed by atoms with E-state index in [2.05, 4.69) is 158 Å². The Bertz CT molecular complexity index is 3430. The minimum Gasteiger partial charge on any atom is -0.454 e. The molecule has 0 radical (unpaired) electrons. The number of para-hydroxylation sites is 2. The van der Waals surface area contributed by atoms with E-state index in [0.717, 1.165) is 83.1 Å². The zero-order valence-corrected chi connectivity index (χ0v) is 31.9. The Labute approximate surface area is 334 Å². The molecule has 0 bridgehead atoms. The third-order valence-electron chi connectivity index (χ3n) is 12.1. The van der Waals surface area contributed by atoms with Crippen molar-refractivity contribution < 1.29 is 8.83 Å². The average molecular weight is 746 g/mol. The Kier molecular flexibility index (Phi) is 6.91. The molecule has 58 heavy (non-hydrogen) atoms. The molecule has 12 rings (SSSR count). The standard InChI is InChI=1S/C53H35N3O2/c1-53(2)42-23-13-11-21-37(42)38-26-25-36(31-43(38)53)56(35-19-7-4-8-20-35)44-28-27-40(47-41-29-33-17-9-10-18-34(33)30-46(41)58-50(44)47)52-54-48(32-15-5-3-6-16-32)51-49(55-52)39-22-12-14-24-45(39)57-51/h3-31H,1-2H3. The molecule has 5 heteroatoms. The highest BCUT2D eigenvalue weighted by molar-refractivity contribution is 6.19. The predicted octanol–water partition coefficient (Wildman–Crippen LogP) is 14.5. The Morgan fingerprint density at radius 1 is 0.483 bits per heavy atom. The van der Waals surface area contributed by atoms with Crippen molar-refractivity contribution in [1.82, 2.24) is 9.97 Å². The van der Waals surface area contributed by atoms with Crippen LogP contribution in [0.5, 0.6) is 0 Å². The van der Waals surface area contributed by atoms with Gasteiger partial charge >= 0.3 is 0 Å². The van der Waals surface area contributed by atoms with Crippen LogP contribution >= 0.6 is 0 Å². The van der Waals surface area contributed by atoms with Crippen molar-refractivity contribution in [3.05, 3.63) is 187 Å². The zero-order valence-electron chi connectivity index (χ0n) is 31.9. The number of anilines is 3. The van der Waals surface area contributed by atoms with Crippen LogP contribution in [0.1, 0.15) is 25.0 Å². The van der Waals surface area contributed by atoms with Gasteiger partial charge in [0.05, 0.1) is 5.69 Å². The number of rotatable bonds is 5. The fourth-order valence-corrected chi connectivity index (χ4v) is 9.25. The van der Waals surface area contributed by atoms with E-state index in [-0.39, 0.29) is 5.41 Å². The Morgan fingerprint density at radius 2 is 1.16 bits per heavy atom. The number of furan rings is 2. The molecule has 0 atom stereocenters. The highest BCUT2D eigenvalue weighted by Gasteiger charge is 2.36. The lowest BCUT2D eigenvalue weighted by Crippen LogP contribution is -2.16. The SMILES string of the molecule is CC1(C)c2ccccc2-c2ccc(N(c3ccccc3)c3ccc(-c4nc(-c5ccccc5)c5oc6ccccc6c5n4)c4c3oc3cc5ccccc5cc34)cc21. The van der Waals surface area contributed by atoms with Gasteiger partial charge in [0, 0.05) is 44.1 Å². The molecule has 8 aromatic carbocycles. The average Bonchev–Trinajstić information content (AvgIpc) is 3.91. The van der Waals surface area contributed by atoms with Crippen molar-refractivity contribution in [2.24, 2.45) is 0 Å². The van der Waals surface area contributed by atoms with Crippen LogP contribution in [0.25, 0.3) is 88.6 Å². The summed E-state index contributed by atoms with van der Waals surface area (Å²) in [5.74, 6) is 0.605. The molecule has 3 heterocycles. The van der Waals surface area contributed by atoms with Gasteiger partial charge in [-0.15, -0.1) is 0 Å². The number of benzene rings is 8. The van der Waals surface area contributed by atoms with E-state index >= 15 is 0 Å². The molecule has 0 saturated carbocycles. The summed E-state index contributed by atoms with van der Waals surface area (Å²) in [6.45, 7) is 4.66. The topological polar surface area (TPSA) is 55.3 Å². The van der Waals surface area contributed by atoms with Crippen molar-refractivity contribution in [1.29, 1.82) is 0 Å². The third kappa shape index (κ3) is 4.77. The van der Waals surface area contributed by atoms with Gasteiger partial charge < -0.3 is 13.7 Å². The molecule has 1 aliphatic rings. The molecule has 1 aliphatic carbocycles. The molecule has 0 unspecified atom stereocenters. The summed E-state index contributed by atoms with van der Waals surface area (Å²) in [5.41, 5.74) is 14.5. The van der Waals surface area contributed by atoms with E-state index < -0.39 is 0 Å². The van der Waals surface area contributed by atoms with Gasteiger partial charge in [-0.05, 0) is 93.7 Å². The summed E-state index contributed by atoms with van der Waals surface area (Å²) in [6.07, 6.45) is 0. The smallest absolute Gasteiger partial charge is 0.180 e. The Morgan fingerprint density at radius 3 is 2.00 bits per heavy atom. The second-order valence-corrected chi connectivity index (χ2v) is 15.7. The van der Waals surface area contributed by atoms with Crippen molar-refractivity contribution in [3.8, 4) is 33.8 Å². The molecule has 0 saturated heterocycles. The number of hydrogen-bond acceptors (Lipinski definition) is 5. The molecule has 0 amide bonds. The molecule has 5 nitrogen and oxygen atoms in total. The fourth-order valence-electron chi connectivity index (χ4n) is 9.25. The maximum absolute atomic E-state index is 7.10. The molecule has 0 aliphatic heterocycles. The molecule has 0 fully saturated rings. The maximum atomic E-state index is 7.10. The first-order valence-electron chi connectivity index (χ1n) is 19.7. The van der Waals surface area contributed by atoms with Crippen LogP contribution in [0.2, 0.25) is 0 Å². The van der Waals surface area contributed by atoms with Gasteiger partial charge in [0.25, 0.3) is 0 Å². The van der Waals surface area contributed by atoms with Crippen LogP contribution in [-0.2, 0) is 5.41 Å². The van der Waals surface area contributed by atoms with E-state index in [9.17, 15) is 0 Å². The van der Waals surface area contributed by atoms with Gasteiger partial charge in [0.2, 0.25) is 0 Å². The van der Waals surface area contributed by atoms with E-state index in [1.165, 1.54) is 22.3 Å². The van der Waals surface area contributed by atoms with Crippen molar-refractivity contribution in [2.75, 3.05) is 4.90 Å². The maximum Gasteiger partial charge on any atom is 0.180 e. The second-order valence-electron chi connectivity index (χ2n) is 15.7. The normalized spacial score (nSPS) is 13.1. The number of hydrogen-bond donors (Lipinski definition) is 0. The van der Waals surface area contributed by atoms with Crippen molar-refractivity contribution >= 4 is 71.8 Å². The molecular formula is C53H35N3O2. The minimum absolute atomic E-state index is 0.160. The monoisotopic (exact) mass is 745 g/mol. The predicted molar refractivity (Wildman–Crippen MR) is 237 cm³/mol. The van der Waals surface area contributed by atoms with Crippen molar-refractivity contribution in [3.63, 3.8) is 0 Å². The van der Waals surface area contributed by atoms with Crippen molar-refractivity contribution in [2.45, 2.75) is 19.3 Å². The van der Waals surface area contributed by atoms with Gasteiger partial charge in [0.15, 0.2) is 17.0 Å². The van der Waals surface area contributed by atoms with Gasteiger partial charge in [-0.1, -0.05) is 129 Å². The molecule has 11 aromatic rings. The van der Waals surface area contributed by atoms with E-state index in [4.69, 9.17) is 18.8 Å². The summed E-state index contributed by atoms with van der Waals surface area (Å²) in [6, 6.07) is 61.8. The quantitative estimate of drug-likeness (QED) is 0.176. The highest BCUT2D eigenvalue weighted by atomic mass is 16.3. The molecule has 3 aromatic heterocycles. The molecule has 0 spiro atoms. The van der Waals surface area contributed by atoms with E-state index in [1.807, 2.05) is 36.4 Å². The third-order valence-corrected chi connectivity index (χ3v) is 12.1. The van der Waals surface area contributed by atoms with Crippen LogP contribution in [0.4, 0.5) is 17.1 Å². The summed E-state index contributed by atoms with van der Waals surface area (Å²) in [5, 5.41) is 5.17. The number of nitrogens with zero attached hydrogens (tertiary/aromatic N) is 3. The lowest BCUT2D eigenvalue weighted by atomic mass is 9.82. The zero-order chi connectivity index (χ0) is 38.5. The summed E-state index contributed by atoms with van der Waals surface area (Å²) in [4.78, 5) is 13.0. The first-order valence-corrected chi connectivity index (χ1v) is 19.7. The summed E-state index contributed by atoms with van der Waals surface area (Å²) < 4.78 is 13.6. The van der Waals surface area contributed by atoms with E-state index in [0.29, 0.717) is 11.4 Å². The summed E-state index contributed by atoms with van der Waals surface area (Å²) in [7, 11) is 0.